The van der Waals surface area contributed by atoms with Crippen LogP contribution in [0.5, 0.6) is 5.75 Å². The van der Waals surface area contributed by atoms with Crippen LogP contribution in [-0.4, -0.2) is 10.9 Å². The molecule has 1 aromatic rings. The summed E-state index contributed by atoms with van der Waals surface area (Å²) in [6, 6.07) is 6.59. The van der Waals surface area contributed by atoms with Gasteiger partial charge in [-0.15, -0.1) is 0 Å². The first-order valence-electron chi connectivity index (χ1n) is 11.1. The van der Waals surface area contributed by atoms with E-state index in [0.717, 1.165) is 12.8 Å². The predicted octanol–water partition coefficient (Wildman–Crippen LogP) is 7.84. The molecule has 0 spiro atoms. The van der Waals surface area contributed by atoms with Crippen molar-refractivity contribution in [3.63, 3.8) is 0 Å². The van der Waals surface area contributed by atoms with Crippen LogP contribution < -0.4 is 0 Å². The van der Waals surface area contributed by atoms with Crippen LogP contribution in [0.15, 0.2) is 24.3 Å². The van der Waals surface area contributed by atoms with Crippen LogP contribution in [-0.2, 0) is 0 Å². The van der Waals surface area contributed by atoms with Crippen LogP contribution in [0.25, 0.3) is 0 Å². The van der Waals surface area contributed by atoms with Crippen molar-refractivity contribution in [2.45, 2.75) is 110 Å². The molecule has 2 heteroatoms. The highest BCUT2D eigenvalue weighted by Crippen LogP contribution is 2.15. The fraction of sp³-hybridized carbons (Fsp3) is 0.708. The van der Waals surface area contributed by atoms with Gasteiger partial charge >= 0.3 is 0 Å². The maximum absolute atomic E-state index is 12.0. The second-order valence-electron chi connectivity index (χ2n) is 7.67. The van der Waals surface area contributed by atoms with Gasteiger partial charge in [-0.25, -0.2) is 0 Å². The summed E-state index contributed by atoms with van der Waals surface area (Å²) in [6.45, 7) is 2.28. The molecule has 0 aromatic heterocycles. The zero-order chi connectivity index (χ0) is 18.9. The number of carbonyl (C=O) groups is 1. The van der Waals surface area contributed by atoms with Crippen LogP contribution in [0.3, 0.4) is 0 Å². The van der Waals surface area contributed by atoms with Crippen LogP contribution in [0.4, 0.5) is 0 Å². The lowest BCUT2D eigenvalue weighted by molar-refractivity contribution is 0.0979. The fourth-order valence-electron chi connectivity index (χ4n) is 3.45. The van der Waals surface area contributed by atoms with Crippen molar-refractivity contribution in [3.05, 3.63) is 29.8 Å². The second-order valence-corrected chi connectivity index (χ2v) is 7.67. The third kappa shape index (κ3) is 12.1. The van der Waals surface area contributed by atoms with E-state index >= 15 is 0 Å². The van der Waals surface area contributed by atoms with E-state index in [-0.39, 0.29) is 11.5 Å². The average molecular weight is 361 g/mol. The first-order valence-corrected chi connectivity index (χ1v) is 11.1. The van der Waals surface area contributed by atoms with Gasteiger partial charge in [0.2, 0.25) is 0 Å². The monoisotopic (exact) mass is 360 g/mol. The van der Waals surface area contributed by atoms with Gasteiger partial charge in [-0.3, -0.25) is 4.79 Å². The van der Waals surface area contributed by atoms with Crippen LogP contribution in [0.2, 0.25) is 0 Å². The summed E-state index contributed by atoms with van der Waals surface area (Å²) in [5, 5.41) is 9.24. The molecule has 0 aliphatic rings. The van der Waals surface area contributed by atoms with E-state index in [1.807, 2.05) is 0 Å². The number of rotatable bonds is 17. The third-order valence-corrected chi connectivity index (χ3v) is 5.20. The zero-order valence-electron chi connectivity index (χ0n) is 17.0. The molecule has 0 bridgehead atoms. The molecule has 1 rings (SSSR count). The van der Waals surface area contributed by atoms with E-state index in [0.29, 0.717) is 12.0 Å². The van der Waals surface area contributed by atoms with E-state index in [2.05, 4.69) is 6.92 Å². The molecule has 0 atom stereocenters. The van der Waals surface area contributed by atoms with Gasteiger partial charge in [-0.1, -0.05) is 96.8 Å². The number of ketones is 1. The molecule has 0 saturated carbocycles. The lowest BCUT2D eigenvalue weighted by Gasteiger charge is -2.04. The summed E-state index contributed by atoms with van der Waals surface area (Å²) in [5.41, 5.74) is 0.716. The maximum Gasteiger partial charge on any atom is 0.162 e. The van der Waals surface area contributed by atoms with Crippen LogP contribution in [0.1, 0.15) is 120 Å². The quantitative estimate of drug-likeness (QED) is 0.227. The van der Waals surface area contributed by atoms with Crippen molar-refractivity contribution in [2.24, 2.45) is 0 Å². The molecule has 0 saturated heterocycles. The van der Waals surface area contributed by atoms with Crippen LogP contribution >= 0.6 is 0 Å². The molecule has 0 amide bonds. The second kappa shape index (κ2) is 15.9. The summed E-state index contributed by atoms with van der Waals surface area (Å²) in [4.78, 5) is 12.0. The Bertz CT molecular complexity index is 450. The summed E-state index contributed by atoms with van der Waals surface area (Å²) < 4.78 is 0. The van der Waals surface area contributed by atoms with E-state index in [1.165, 1.54) is 83.5 Å². The van der Waals surface area contributed by atoms with Crippen molar-refractivity contribution in [3.8, 4) is 5.75 Å². The number of phenolic OH excluding ortho intramolecular Hbond substituents is 1. The number of unbranched alkanes of at least 4 members (excludes halogenated alkanes) is 14. The molecule has 1 N–H and O–H groups in total. The summed E-state index contributed by atoms with van der Waals surface area (Å²) in [7, 11) is 0. The molecule has 2 nitrogen and oxygen atoms in total. The molecule has 0 aliphatic heterocycles. The number of hydrogen-bond donors (Lipinski definition) is 1. The van der Waals surface area contributed by atoms with E-state index in [1.54, 1.807) is 24.3 Å². The lowest BCUT2D eigenvalue weighted by atomic mass is 10.0. The molecule has 26 heavy (non-hydrogen) atoms. The highest BCUT2D eigenvalue weighted by Gasteiger charge is 2.05. The molecule has 0 unspecified atom stereocenters. The summed E-state index contributed by atoms with van der Waals surface area (Å²) >= 11 is 0. The maximum atomic E-state index is 12.0. The molecule has 0 fully saturated rings. The minimum Gasteiger partial charge on any atom is -0.508 e. The molecule has 0 heterocycles. The molecule has 148 valence electrons. The Labute approximate surface area is 161 Å². The normalized spacial score (nSPS) is 11.0. The lowest BCUT2D eigenvalue weighted by Crippen LogP contribution is -1.98. The van der Waals surface area contributed by atoms with Gasteiger partial charge in [-0.2, -0.15) is 0 Å². The third-order valence-electron chi connectivity index (χ3n) is 5.20. The predicted molar refractivity (Wildman–Crippen MR) is 112 cm³/mol. The van der Waals surface area contributed by atoms with E-state index < -0.39 is 0 Å². The van der Waals surface area contributed by atoms with Gasteiger partial charge in [0.25, 0.3) is 0 Å². The van der Waals surface area contributed by atoms with Crippen molar-refractivity contribution in [2.75, 3.05) is 0 Å². The number of aromatic hydroxyl groups is 1. The summed E-state index contributed by atoms with van der Waals surface area (Å²) in [5.74, 6) is 0.410. The van der Waals surface area contributed by atoms with Gasteiger partial charge in [0.15, 0.2) is 5.78 Å². The van der Waals surface area contributed by atoms with Crippen molar-refractivity contribution in [1.82, 2.24) is 0 Å². The Hall–Kier alpha value is -1.31. The molecule has 1 aromatic carbocycles. The SMILES string of the molecule is CCCCCCCCCCCCCCCCCC(=O)c1ccc(O)cc1. The Balaban J connectivity index is 1.82. The Morgan fingerprint density at radius 1 is 0.654 bits per heavy atom. The van der Waals surface area contributed by atoms with Gasteiger partial charge in [0, 0.05) is 12.0 Å². The highest BCUT2D eigenvalue weighted by molar-refractivity contribution is 5.96. The molecular weight excluding hydrogens is 320 g/mol. The van der Waals surface area contributed by atoms with E-state index in [4.69, 9.17) is 0 Å². The molecule has 0 aliphatic carbocycles. The van der Waals surface area contributed by atoms with Crippen molar-refractivity contribution < 1.29 is 9.90 Å². The van der Waals surface area contributed by atoms with Gasteiger partial charge in [0.1, 0.15) is 5.75 Å². The smallest absolute Gasteiger partial charge is 0.162 e. The Morgan fingerprint density at radius 3 is 1.46 bits per heavy atom. The number of Topliss-reactive ketones (excluding diaryl/α,β-unsaturated/α-hetero) is 1. The Morgan fingerprint density at radius 2 is 1.04 bits per heavy atom. The van der Waals surface area contributed by atoms with Crippen molar-refractivity contribution in [1.29, 1.82) is 0 Å². The number of phenols is 1. The standard InChI is InChI=1S/C24H40O2/c1-2-3-4-5-6-7-8-9-10-11-12-13-14-15-16-17-24(26)22-18-20-23(25)21-19-22/h18-21,25H,2-17H2,1H3. The molecular formula is C24H40O2. The Kier molecular flexibility index (Phi) is 13.9. The minimum atomic E-state index is 0.194. The van der Waals surface area contributed by atoms with Crippen molar-refractivity contribution >= 4 is 5.78 Å². The largest absolute Gasteiger partial charge is 0.508 e. The first-order chi connectivity index (χ1) is 12.7. The topological polar surface area (TPSA) is 37.3 Å². The first kappa shape index (κ1) is 22.7. The summed E-state index contributed by atoms with van der Waals surface area (Å²) in [6.07, 6.45) is 20.8. The van der Waals surface area contributed by atoms with Crippen LogP contribution in [0, 0.1) is 0 Å². The fourth-order valence-corrected chi connectivity index (χ4v) is 3.45. The van der Waals surface area contributed by atoms with Gasteiger partial charge in [-0.05, 0) is 30.7 Å². The van der Waals surface area contributed by atoms with Gasteiger partial charge in [0.05, 0.1) is 0 Å². The molecule has 0 radical (unpaired) electrons. The zero-order valence-corrected chi connectivity index (χ0v) is 17.0. The number of hydrogen-bond acceptors (Lipinski definition) is 2. The number of benzene rings is 1. The minimum absolute atomic E-state index is 0.194. The van der Waals surface area contributed by atoms with Gasteiger partial charge < -0.3 is 5.11 Å². The van der Waals surface area contributed by atoms with E-state index in [9.17, 15) is 9.90 Å². The highest BCUT2D eigenvalue weighted by atomic mass is 16.3. The number of carbonyl (C=O) groups excluding carboxylic acids is 1. The average Bonchev–Trinajstić information content (AvgIpc) is 2.65.